The molecule has 0 aromatic carbocycles. The topological polar surface area (TPSA) is 95.9 Å². The molecule has 0 aliphatic carbocycles. The second-order valence-corrected chi connectivity index (χ2v) is 18.6. The number of amides is 1. The standard InChI is InChI=1S/C60H105NO5/c1-4-7-10-13-16-19-22-25-28-30-32-35-38-41-44-47-50-53-60(65)66-56(51-48-45-42-39-36-33-27-24-21-18-15-12-9-6-3)54-59(64)61-57(55-62)58(63)52-49-46-43-40-37-34-31-29-26-23-20-17-14-11-8-5-2/h9,12,16,18-19,21,25,27-28,33,39,42,48,51,56-58,62-63H,4-8,10-11,13-15,17,20,22-24,26,29-32,34-38,40-41,43-47,49-50,52-55H2,1-3H3,(H,61,64)/b12-9+,19-16-,21-18+,28-25-,33-27+,42-39+,51-48+. The first-order chi connectivity index (χ1) is 32.5. The van der Waals surface area contributed by atoms with Gasteiger partial charge in [0.05, 0.1) is 25.2 Å². The molecule has 0 radical (unpaired) electrons. The van der Waals surface area contributed by atoms with Crippen LogP contribution in [0.1, 0.15) is 258 Å². The molecule has 0 aliphatic rings. The number of aliphatic hydroxyl groups excluding tert-OH is 2. The molecule has 66 heavy (non-hydrogen) atoms. The van der Waals surface area contributed by atoms with E-state index in [1.807, 2.05) is 6.08 Å². The number of rotatable bonds is 49. The summed E-state index contributed by atoms with van der Waals surface area (Å²) in [5, 5.41) is 23.8. The van der Waals surface area contributed by atoms with Crippen LogP contribution >= 0.6 is 0 Å². The van der Waals surface area contributed by atoms with Gasteiger partial charge in [0.2, 0.25) is 5.91 Å². The van der Waals surface area contributed by atoms with Crippen molar-refractivity contribution in [3.63, 3.8) is 0 Å². The smallest absolute Gasteiger partial charge is 0.306 e. The highest BCUT2D eigenvalue weighted by molar-refractivity contribution is 5.78. The van der Waals surface area contributed by atoms with Crippen LogP contribution in [0.25, 0.3) is 0 Å². The zero-order chi connectivity index (χ0) is 48.1. The molecule has 3 unspecified atom stereocenters. The molecule has 1 amide bonds. The van der Waals surface area contributed by atoms with Crippen LogP contribution < -0.4 is 5.32 Å². The fourth-order valence-electron chi connectivity index (χ4n) is 8.01. The molecule has 0 rings (SSSR count). The van der Waals surface area contributed by atoms with Gasteiger partial charge in [-0.05, 0) is 83.1 Å². The second kappa shape index (κ2) is 53.0. The number of unbranched alkanes of at least 4 members (excludes halogenated alkanes) is 25. The first-order valence-corrected chi connectivity index (χ1v) is 27.8. The van der Waals surface area contributed by atoms with Gasteiger partial charge in [-0.3, -0.25) is 9.59 Å². The molecular formula is C60H105NO5. The molecule has 0 saturated heterocycles. The van der Waals surface area contributed by atoms with E-state index in [1.165, 1.54) is 135 Å². The van der Waals surface area contributed by atoms with Crippen LogP contribution in [-0.2, 0) is 14.3 Å². The van der Waals surface area contributed by atoms with Crippen molar-refractivity contribution in [1.82, 2.24) is 5.32 Å². The van der Waals surface area contributed by atoms with Gasteiger partial charge in [-0.2, -0.15) is 0 Å². The summed E-state index contributed by atoms with van der Waals surface area (Å²) in [5.41, 5.74) is 0. The van der Waals surface area contributed by atoms with Gasteiger partial charge in [-0.15, -0.1) is 0 Å². The second-order valence-electron chi connectivity index (χ2n) is 18.6. The Labute approximate surface area is 408 Å². The van der Waals surface area contributed by atoms with Crippen molar-refractivity contribution < 1.29 is 24.5 Å². The third-order valence-electron chi connectivity index (χ3n) is 12.2. The third kappa shape index (κ3) is 47.5. The lowest BCUT2D eigenvalue weighted by Gasteiger charge is -2.23. The molecular weight excluding hydrogens is 815 g/mol. The molecule has 0 bridgehead atoms. The Morgan fingerprint density at radius 2 is 0.848 bits per heavy atom. The van der Waals surface area contributed by atoms with Crippen LogP contribution in [0.3, 0.4) is 0 Å². The lowest BCUT2D eigenvalue weighted by atomic mass is 10.0. The van der Waals surface area contributed by atoms with E-state index in [-0.39, 0.29) is 24.9 Å². The first kappa shape index (κ1) is 63.0. The fraction of sp³-hybridized carbons (Fsp3) is 0.733. The number of carbonyl (C=O) groups is 2. The highest BCUT2D eigenvalue weighted by Crippen LogP contribution is 2.16. The maximum Gasteiger partial charge on any atom is 0.306 e. The van der Waals surface area contributed by atoms with Crippen LogP contribution in [-0.4, -0.2) is 46.9 Å². The maximum absolute atomic E-state index is 13.2. The molecule has 3 N–H and O–H groups in total. The molecule has 6 heteroatoms. The van der Waals surface area contributed by atoms with E-state index in [1.54, 1.807) is 6.08 Å². The number of allylic oxidation sites excluding steroid dienone is 13. The van der Waals surface area contributed by atoms with E-state index in [0.717, 1.165) is 77.0 Å². The Bertz CT molecular complexity index is 1260. The van der Waals surface area contributed by atoms with Crippen molar-refractivity contribution in [2.45, 2.75) is 277 Å². The summed E-state index contributed by atoms with van der Waals surface area (Å²) in [6, 6.07) is -0.748. The number of hydrogen-bond acceptors (Lipinski definition) is 5. The molecule has 0 heterocycles. The lowest BCUT2D eigenvalue weighted by Crippen LogP contribution is -2.46. The highest BCUT2D eigenvalue weighted by atomic mass is 16.5. The number of aliphatic hydroxyl groups is 2. The largest absolute Gasteiger partial charge is 0.458 e. The number of ether oxygens (including phenoxy) is 1. The molecule has 3 atom stereocenters. The minimum Gasteiger partial charge on any atom is -0.458 e. The van der Waals surface area contributed by atoms with Crippen LogP contribution in [0.4, 0.5) is 0 Å². The van der Waals surface area contributed by atoms with Gasteiger partial charge < -0.3 is 20.3 Å². The summed E-state index contributed by atoms with van der Waals surface area (Å²) in [6.45, 7) is 6.32. The number of esters is 1. The van der Waals surface area contributed by atoms with Crippen molar-refractivity contribution in [2.75, 3.05) is 6.61 Å². The van der Waals surface area contributed by atoms with Crippen molar-refractivity contribution in [1.29, 1.82) is 0 Å². The average Bonchev–Trinajstić information content (AvgIpc) is 3.31. The van der Waals surface area contributed by atoms with Crippen molar-refractivity contribution in [2.24, 2.45) is 0 Å². The number of nitrogens with one attached hydrogen (secondary N) is 1. The first-order valence-electron chi connectivity index (χ1n) is 27.8. The molecule has 380 valence electrons. The SMILES string of the molecule is CC/C=C/C/C=C/C/C=C/C/C=C/C/C=C/C(CC(=O)NC(CO)C(O)CCCCCCCCCCCCCCCCCC)OC(=O)CCCCCCCCC/C=C\C/C=C\CCCCC. The van der Waals surface area contributed by atoms with Crippen LogP contribution in [0, 0.1) is 0 Å². The highest BCUT2D eigenvalue weighted by Gasteiger charge is 2.23. The van der Waals surface area contributed by atoms with E-state index in [2.05, 4.69) is 99.0 Å². The summed E-state index contributed by atoms with van der Waals surface area (Å²) in [5.74, 6) is -0.637. The van der Waals surface area contributed by atoms with E-state index in [0.29, 0.717) is 19.3 Å². The van der Waals surface area contributed by atoms with E-state index in [4.69, 9.17) is 4.74 Å². The van der Waals surface area contributed by atoms with E-state index < -0.39 is 18.2 Å². The minimum absolute atomic E-state index is 0.0519. The normalized spacial score (nSPS) is 13.8. The van der Waals surface area contributed by atoms with Crippen molar-refractivity contribution in [3.8, 4) is 0 Å². The van der Waals surface area contributed by atoms with Crippen LogP contribution in [0.2, 0.25) is 0 Å². The molecule has 0 aliphatic heterocycles. The van der Waals surface area contributed by atoms with Gasteiger partial charge in [0, 0.05) is 6.42 Å². The van der Waals surface area contributed by atoms with Gasteiger partial charge >= 0.3 is 5.97 Å². The third-order valence-corrected chi connectivity index (χ3v) is 12.2. The van der Waals surface area contributed by atoms with Gasteiger partial charge in [-0.1, -0.05) is 247 Å². The summed E-state index contributed by atoms with van der Waals surface area (Å²) in [7, 11) is 0. The Morgan fingerprint density at radius 3 is 1.32 bits per heavy atom. The molecule has 0 saturated carbocycles. The van der Waals surface area contributed by atoms with Crippen LogP contribution in [0.15, 0.2) is 85.1 Å². The predicted octanol–water partition coefficient (Wildman–Crippen LogP) is 17.1. The zero-order valence-electron chi connectivity index (χ0n) is 43.3. The Balaban J connectivity index is 4.67. The Morgan fingerprint density at radius 1 is 0.470 bits per heavy atom. The average molecular weight is 921 g/mol. The zero-order valence-corrected chi connectivity index (χ0v) is 43.3. The maximum atomic E-state index is 13.2. The molecule has 0 aromatic rings. The lowest BCUT2D eigenvalue weighted by molar-refractivity contribution is -0.148. The fourth-order valence-corrected chi connectivity index (χ4v) is 8.01. The summed E-state index contributed by atoms with van der Waals surface area (Å²) in [4.78, 5) is 26.2. The van der Waals surface area contributed by atoms with Gasteiger partial charge in [0.25, 0.3) is 0 Å². The van der Waals surface area contributed by atoms with Crippen molar-refractivity contribution in [3.05, 3.63) is 85.1 Å². The van der Waals surface area contributed by atoms with Crippen molar-refractivity contribution >= 4 is 11.9 Å². The van der Waals surface area contributed by atoms with Gasteiger partial charge in [0.1, 0.15) is 6.10 Å². The van der Waals surface area contributed by atoms with Gasteiger partial charge in [0.15, 0.2) is 0 Å². The quantitative estimate of drug-likeness (QED) is 0.0321. The Kier molecular flexibility index (Phi) is 50.6. The molecule has 0 spiro atoms. The predicted molar refractivity (Wildman–Crippen MR) is 287 cm³/mol. The summed E-state index contributed by atoms with van der Waals surface area (Å²) < 4.78 is 5.83. The van der Waals surface area contributed by atoms with E-state index in [9.17, 15) is 19.8 Å². The molecule has 6 nitrogen and oxygen atoms in total. The van der Waals surface area contributed by atoms with Crippen LogP contribution in [0.5, 0.6) is 0 Å². The number of carbonyl (C=O) groups excluding carboxylic acids is 2. The molecule has 0 aromatic heterocycles. The minimum atomic E-state index is -0.825. The monoisotopic (exact) mass is 920 g/mol. The summed E-state index contributed by atoms with van der Waals surface area (Å²) in [6.07, 6.45) is 69.6. The number of hydrogen-bond donors (Lipinski definition) is 3. The van der Waals surface area contributed by atoms with Gasteiger partial charge in [-0.25, -0.2) is 0 Å². The van der Waals surface area contributed by atoms with E-state index >= 15 is 0 Å². The molecule has 0 fully saturated rings. The summed E-state index contributed by atoms with van der Waals surface area (Å²) >= 11 is 0. The Hall–Kier alpha value is -2.96.